The Morgan fingerprint density at radius 1 is 1.18 bits per heavy atom. The summed E-state index contributed by atoms with van der Waals surface area (Å²) in [6.45, 7) is 3.07. The molecule has 1 amide bonds. The van der Waals surface area contributed by atoms with Gasteiger partial charge >= 0.3 is 6.18 Å². The zero-order chi connectivity index (χ0) is 21.3. The lowest BCUT2D eigenvalue weighted by molar-refractivity contribution is -0.137. The summed E-state index contributed by atoms with van der Waals surface area (Å²) in [6.07, 6.45) is -3.64. The first-order valence-electron chi connectivity index (χ1n) is 8.04. The van der Waals surface area contributed by atoms with Crippen LogP contribution in [0.2, 0.25) is 5.02 Å². The molecule has 0 bridgehead atoms. The fourth-order valence-electron chi connectivity index (χ4n) is 2.55. The zero-order valence-electron chi connectivity index (χ0n) is 15.2. The number of sulfonamides is 1. The summed E-state index contributed by atoms with van der Waals surface area (Å²) < 4.78 is 63.9. The molecule has 0 aromatic heterocycles. The van der Waals surface area contributed by atoms with Crippen LogP contribution in [0.1, 0.15) is 18.1 Å². The summed E-state index contributed by atoms with van der Waals surface area (Å²) in [5, 5.41) is 2.64. The van der Waals surface area contributed by atoms with E-state index in [0.29, 0.717) is 5.02 Å². The van der Waals surface area contributed by atoms with Crippen molar-refractivity contribution in [1.29, 1.82) is 0 Å². The van der Waals surface area contributed by atoms with Crippen molar-refractivity contribution in [3.05, 3.63) is 58.6 Å². The number of anilines is 2. The fraction of sp³-hybridized carbons (Fsp3) is 0.278. The Labute approximate surface area is 166 Å². The Kier molecular flexibility index (Phi) is 6.30. The maximum Gasteiger partial charge on any atom is 0.416 e. The van der Waals surface area contributed by atoms with E-state index in [4.69, 9.17) is 11.6 Å². The quantitative estimate of drug-likeness (QED) is 0.755. The molecule has 152 valence electrons. The molecule has 2 aromatic carbocycles. The molecule has 0 aliphatic carbocycles. The van der Waals surface area contributed by atoms with Gasteiger partial charge in [0.05, 0.1) is 17.5 Å². The normalized spacial score (nSPS) is 13.1. The molecule has 0 heterocycles. The van der Waals surface area contributed by atoms with E-state index in [9.17, 15) is 26.4 Å². The first-order chi connectivity index (χ1) is 12.8. The van der Waals surface area contributed by atoms with Gasteiger partial charge in [-0.1, -0.05) is 23.7 Å². The molecule has 0 radical (unpaired) electrons. The molecule has 0 aliphatic heterocycles. The third kappa shape index (κ3) is 5.17. The molecular weight excluding hydrogens is 417 g/mol. The van der Waals surface area contributed by atoms with Gasteiger partial charge in [-0.2, -0.15) is 13.2 Å². The lowest BCUT2D eigenvalue weighted by Gasteiger charge is -2.28. The number of nitrogens with zero attached hydrogens (tertiary/aromatic N) is 1. The van der Waals surface area contributed by atoms with Gasteiger partial charge in [0.1, 0.15) is 6.04 Å². The van der Waals surface area contributed by atoms with Gasteiger partial charge in [-0.3, -0.25) is 9.10 Å². The number of hydrogen-bond donors (Lipinski definition) is 1. The number of aryl methyl sites for hydroxylation is 1. The van der Waals surface area contributed by atoms with Crippen molar-refractivity contribution >= 4 is 38.9 Å². The molecule has 1 unspecified atom stereocenters. The Morgan fingerprint density at radius 2 is 1.82 bits per heavy atom. The molecule has 0 saturated carbocycles. The van der Waals surface area contributed by atoms with Crippen molar-refractivity contribution in [3.8, 4) is 0 Å². The van der Waals surface area contributed by atoms with E-state index in [0.717, 1.165) is 34.3 Å². The van der Waals surface area contributed by atoms with E-state index >= 15 is 0 Å². The molecule has 0 aliphatic rings. The molecule has 28 heavy (non-hydrogen) atoms. The SMILES string of the molecule is Cc1ccc(N(C(C)C(=O)Nc2cccc(C(F)(F)F)c2)S(C)(=O)=O)cc1Cl. The summed E-state index contributed by atoms with van der Waals surface area (Å²) in [6, 6.07) is 7.36. The van der Waals surface area contributed by atoms with Gasteiger partial charge in [-0.05, 0) is 49.7 Å². The van der Waals surface area contributed by atoms with Crippen LogP contribution in [-0.2, 0) is 21.0 Å². The topological polar surface area (TPSA) is 66.5 Å². The molecule has 1 N–H and O–H groups in total. The van der Waals surface area contributed by atoms with E-state index in [-0.39, 0.29) is 11.4 Å². The van der Waals surface area contributed by atoms with Crippen molar-refractivity contribution < 1.29 is 26.4 Å². The standard InChI is InChI=1S/C18H18ClF3N2O3S/c1-11-7-8-15(10-16(11)19)24(28(3,26)27)12(2)17(25)23-14-6-4-5-13(9-14)18(20,21)22/h4-10,12H,1-3H3,(H,23,25). The second-order valence-corrected chi connectivity index (χ2v) is 8.50. The van der Waals surface area contributed by atoms with E-state index in [2.05, 4.69) is 5.32 Å². The monoisotopic (exact) mass is 434 g/mol. The number of rotatable bonds is 5. The predicted molar refractivity (Wildman–Crippen MR) is 103 cm³/mol. The maximum absolute atomic E-state index is 12.8. The lowest BCUT2D eigenvalue weighted by atomic mass is 10.2. The Balaban J connectivity index is 2.33. The average Bonchev–Trinajstić information content (AvgIpc) is 2.56. The number of nitrogens with one attached hydrogen (secondary N) is 1. The van der Waals surface area contributed by atoms with Crippen LogP contribution in [-0.4, -0.2) is 26.6 Å². The Morgan fingerprint density at radius 3 is 2.36 bits per heavy atom. The van der Waals surface area contributed by atoms with Crippen LogP contribution in [0.5, 0.6) is 0 Å². The van der Waals surface area contributed by atoms with Gasteiger partial charge in [0.25, 0.3) is 0 Å². The summed E-state index contributed by atoms with van der Waals surface area (Å²) in [7, 11) is -3.88. The molecule has 2 aromatic rings. The zero-order valence-corrected chi connectivity index (χ0v) is 16.8. The number of carbonyl (C=O) groups excluding carboxylic acids is 1. The van der Waals surface area contributed by atoms with E-state index in [1.54, 1.807) is 13.0 Å². The highest BCUT2D eigenvalue weighted by Crippen LogP contribution is 2.31. The number of hydrogen-bond acceptors (Lipinski definition) is 3. The van der Waals surface area contributed by atoms with Gasteiger partial charge in [0, 0.05) is 10.7 Å². The largest absolute Gasteiger partial charge is 0.416 e. The van der Waals surface area contributed by atoms with E-state index in [1.807, 2.05) is 0 Å². The summed E-state index contributed by atoms with van der Waals surface area (Å²) in [5.74, 6) is -0.790. The van der Waals surface area contributed by atoms with Gasteiger partial charge in [-0.15, -0.1) is 0 Å². The number of carbonyl (C=O) groups is 1. The van der Waals surface area contributed by atoms with Crippen LogP contribution in [0.4, 0.5) is 24.5 Å². The summed E-state index contributed by atoms with van der Waals surface area (Å²) >= 11 is 6.05. The van der Waals surface area contributed by atoms with Crippen molar-refractivity contribution in [2.24, 2.45) is 0 Å². The first-order valence-corrected chi connectivity index (χ1v) is 10.3. The second kappa shape index (κ2) is 8.00. The van der Waals surface area contributed by atoms with Crippen LogP contribution in [0, 0.1) is 6.92 Å². The number of halogens is 4. The Bertz CT molecular complexity index is 994. The molecule has 1 atom stereocenters. The smallest absolute Gasteiger partial charge is 0.324 e. The molecule has 2 rings (SSSR count). The van der Waals surface area contributed by atoms with Crippen LogP contribution < -0.4 is 9.62 Å². The van der Waals surface area contributed by atoms with Crippen molar-refractivity contribution in [1.82, 2.24) is 0 Å². The molecule has 0 spiro atoms. The number of alkyl halides is 3. The van der Waals surface area contributed by atoms with Gasteiger partial charge in [-0.25, -0.2) is 8.42 Å². The Hall–Kier alpha value is -2.26. The minimum Gasteiger partial charge on any atom is -0.324 e. The third-order valence-corrected chi connectivity index (χ3v) is 5.60. The van der Waals surface area contributed by atoms with E-state index < -0.39 is 33.7 Å². The number of benzene rings is 2. The van der Waals surface area contributed by atoms with Crippen LogP contribution in [0.3, 0.4) is 0 Å². The van der Waals surface area contributed by atoms with Crippen LogP contribution >= 0.6 is 11.6 Å². The molecule has 5 nitrogen and oxygen atoms in total. The van der Waals surface area contributed by atoms with Crippen LogP contribution in [0.15, 0.2) is 42.5 Å². The molecule has 0 saturated heterocycles. The van der Waals surface area contributed by atoms with Gasteiger partial charge < -0.3 is 5.32 Å². The van der Waals surface area contributed by atoms with Crippen molar-refractivity contribution in [2.45, 2.75) is 26.1 Å². The summed E-state index contributed by atoms with van der Waals surface area (Å²) in [4.78, 5) is 12.6. The van der Waals surface area contributed by atoms with Crippen LogP contribution in [0.25, 0.3) is 0 Å². The predicted octanol–water partition coefficient (Wildman–Crippen LogP) is 4.46. The molecule has 10 heteroatoms. The highest BCUT2D eigenvalue weighted by Gasteiger charge is 2.32. The third-order valence-electron chi connectivity index (χ3n) is 3.96. The lowest BCUT2D eigenvalue weighted by Crippen LogP contribution is -2.45. The second-order valence-electron chi connectivity index (χ2n) is 6.24. The molecule has 0 fully saturated rings. The first kappa shape index (κ1) is 22.0. The number of amides is 1. The fourth-order valence-corrected chi connectivity index (χ4v) is 3.89. The average molecular weight is 435 g/mol. The maximum atomic E-state index is 12.8. The van der Waals surface area contributed by atoms with Gasteiger partial charge in [0.15, 0.2) is 0 Å². The van der Waals surface area contributed by atoms with E-state index in [1.165, 1.54) is 25.1 Å². The summed E-state index contributed by atoms with van der Waals surface area (Å²) in [5.41, 5.74) is -0.130. The minimum atomic E-state index is -4.57. The van der Waals surface area contributed by atoms with Crippen molar-refractivity contribution in [2.75, 3.05) is 15.9 Å². The van der Waals surface area contributed by atoms with Crippen molar-refractivity contribution in [3.63, 3.8) is 0 Å². The highest BCUT2D eigenvalue weighted by atomic mass is 35.5. The minimum absolute atomic E-state index is 0.0953. The van der Waals surface area contributed by atoms with Gasteiger partial charge in [0.2, 0.25) is 15.9 Å². The highest BCUT2D eigenvalue weighted by molar-refractivity contribution is 7.92. The molecular formula is C18H18ClF3N2O3S.